The molecule has 1 aromatic carbocycles. The van der Waals surface area contributed by atoms with Gasteiger partial charge < -0.3 is 0 Å². The summed E-state index contributed by atoms with van der Waals surface area (Å²) in [7, 11) is 0. The average molecular weight is 188 g/mol. The van der Waals surface area contributed by atoms with E-state index in [4.69, 9.17) is 0 Å². The van der Waals surface area contributed by atoms with Gasteiger partial charge in [0.1, 0.15) is 0 Å². The van der Waals surface area contributed by atoms with Gasteiger partial charge in [0.25, 0.3) is 0 Å². The minimum Gasteiger partial charge on any atom is -0.0807 e. The highest BCUT2D eigenvalue weighted by Crippen LogP contribution is 2.27. The Morgan fingerprint density at radius 1 is 1.14 bits per heavy atom. The number of benzene rings is 1. The normalized spacial score (nSPS) is 14.4. The molecule has 0 atom stereocenters. The third-order valence-electron chi connectivity index (χ3n) is 2.43. The maximum Gasteiger partial charge on any atom is -0.0225 e. The molecule has 0 unspecified atom stereocenters. The van der Waals surface area contributed by atoms with Crippen molar-refractivity contribution < 1.29 is 0 Å². The van der Waals surface area contributed by atoms with Gasteiger partial charge in [-0.3, -0.25) is 0 Å². The smallest absolute Gasteiger partial charge is 0.0225 e. The fourth-order valence-electron chi connectivity index (χ4n) is 1.78. The quantitative estimate of drug-likeness (QED) is 0.604. The van der Waals surface area contributed by atoms with E-state index in [9.17, 15) is 0 Å². The van der Waals surface area contributed by atoms with Gasteiger partial charge in [0.15, 0.2) is 0 Å². The van der Waals surface area contributed by atoms with Crippen molar-refractivity contribution in [2.45, 2.75) is 40.0 Å². The predicted molar refractivity (Wildman–Crippen MR) is 64.4 cm³/mol. The molecule has 0 bridgehead atoms. The lowest BCUT2D eigenvalue weighted by Gasteiger charge is -2.02. The van der Waals surface area contributed by atoms with Gasteiger partial charge in [0, 0.05) is 0 Å². The molecule has 0 saturated heterocycles. The molecule has 0 saturated carbocycles. The van der Waals surface area contributed by atoms with Crippen LogP contribution in [-0.2, 0) is 0 Å². The van der Waals surface area contributed by atoms with Crippen molar-refractivity contribution in [2.75, 3.05) is 0 Å². The van der Waals surface area contributed by atoms with Crippen LogP contribution in [0.4, 0.5) is 0 Å². The first-order valence-electron chi connectivity index (χ1n) is 5.62. The number of allylic oxidation sites excluding steroid dienone is 2. The third-order valence-corrected chi connectivity index (χ3v) is 2.43. The summed E-state index contributed by atoms with van der Waals surface area (Å²) in [6, 6.07) is 8.78. The van der Waals surface area contributed by atoms with Crippen LogP contribution in [0.3, 0.4) is 0 Å². The van der Waals surface area contributed by atoms with Gasteiger partial charge in [0.2, 0.25) is 0 Å². The van der Waals surface area contributed by atoms with E-state index in [2.05, 4.69) is 37.3 Å². The molecule has 0 aromatic heterocycles. The van der Waals surface area contributed by atoms with Crippen molar-refractivity contribution in [2.24, 2.45) is 0 Å². The molecule has 0 aliphatic heterocycles. The second-order valence-electron chi connectivity index (χ2n) is 3.49. The van der Waals surface area contributed by atoms with Crippen molar-refractivity contribution in [3.63, 3.8) is 0 Å². The molecule has 0 fully saturated rings. The highest BCUT2D eigenvalue weighted by Gasteiger charge is 2.05. The van der Waals surface area contributed by atoms with Crippen LogP contribution < -0.4 is 0 Å². The zero-order valence-corrected chi connectivity index (χ0v) is 9.51. The first-order chi connectivity index (χ1) is 6.86. The standard InChI is InChI=1S/C12H14.C2H6/c1-10-5-4-8-12(9-10)11-6-2-3-7-11;1-2/h4-6,8-9H,2-3,7H2,1H3;1-2H3. The molecular formula is C14H20. The van der Waals surface area contributed by atoms with Crippen molar-refractivity contribution in [1.29, 1.82) is 0 Å². The number of hydrogen-bond acceptors (Lipinski definition) is 0. The molecule has 0 nitrogen and oxygen atoms in total. The molecule has 1 aliphatic rings. The van der Waals surface area contributed by atoms with E-state index in [0.717, 1.165) is 0 Å². The molecule has 0 N–H and O–H groups in total. The maximum absolute atomic E-state index is 2.37. The second kappa shape index (κ2) is 5.64. The molecule has 0 radical (unpaired) electrons. The summed E-state index contributed by atoms with van der Waals surface area (Å²) >= 11 is 0. The summed E-state index contributed by atoms with van der Waals surface area (Å²) in [5, 5.41) is 0. The molecule has 76 valence electrons. The van der Waals surface area contributed by atoms with Crippen LogP contribution in [0.2, 0.25) is 0 Å². The van der Waals surface area contributed by atoms with Crippen molar-refractivity contribution >= 4 is 5.57 Å². The Hall–Kier alpha value is -1.04. The Morgan fingerprint density at radius 2 is 1.93 bits per heavy atom. The lowest BCUT2D eigenvalue weighted by atomic mass is 10.0. The van der Waals surface area contributed by atoms with Crippen LogP contribution in [0.5, 0.6) is 0 Å². The molecular weight excluding hydrogens is 168 g/mol. The zero-order valence-electron chi connectivity index (χ0n) is 9.51. The van der Waals surface area contributed by atoms with Gasteiger partial charge in [-0.05, 0) is 37.3 Å². The Kier molecular flexibility index (Phi) is 4.45. The molecule has 0 spiro atoms. The predicted octanol–water partition coefficient (Wildman–Crippen LogP) is 4.59. The third kappa shape index (κ3) is 2.73. The highest BCUT2D eigenvalue weighted by atomic mass is 14.1. The highest BCUT2D eigenvalue weighted by molar-refractivity contribution is 5.67. The Morgan fingerprint density at radius 3 is 2.50 bits per heavy atom. The fraction of sp³-hybridized carbons (Fsp3) is 0.429. The van der Waals surface area contributed by atoms with E-state index in [0.29, 0.717) is 0 Å². The molecule has 2 rings (SSSR count). The van der Waals surface area contributed by atoms with Gasteiger partial charge in [-0.15, -0.1) is 0 Å². The summed E-state index contributed by atoms with van der Waals surface area (Å²) in [4.78, 5) is 0. The lowest BCUT2D eigenvalue weighted by Crippen LogP contribution is -1.81. The van der Waals surface area contributed by atoms with E-state index >= 15 is 0 Å². The SMILES string of the molecule is CC.Cc1cccc(C2=CCCC2)c1. The van der Waals surface area contributed by atoms with Gasteiger partial charge in [-0.1, -0.05) is 49.8 Å². The maximum atomic E-state index is 2.37. The van der Waals surface area contributed by atoms with Crippen LogP contribution in [0.25, 0.3) is 5.57 Å². The van der Waals surface area contributed by atoms with Crippen LogP contribution in [-0.4, -0.2) is 0 Å². The van der Waals surface area contributed by atoms with Crippen LogP contribution in [0, 0.1) is 6.92 Å². The Labute approximate surface area is 87.7 Å². The molecule has 14 heavy (non-hydrogen) atoms. The van der Waals surface area contributed by atoms with Crippen LogP contribution >= 0.6 is 0 Å². The summed E-state index contributed by atoms with van der Waals surface area (Å²) in [6.07, 6.45) is 6.24. The Bertz CT molecular complexity index is 308. The van der Waals surface area contributed by atoms with Gasteiger partial charge in [0.05, 0.1) is 0 Å². The van der Waals surface area contributed by atoms with Crippen molar-refractivity contribution in [3.05, 3.63) is 41.5 Å². The largest absolute Gasteiger partial charge is 0.0807 e. The average Bonchev–Trinajstić information content (AvgIpc) is 2.74. The zero-order chi connectivity index (χ0) is 10.4. The molecule has 1 aromatic rings. The topological polar surface area (TPSA) is 0 Å². The summed E-state index contributed by atoms with van der Waals surface area (Å²) in [5.74, 6) is 0. The molecule has 1 aliphatic carbocycles. The Balaban J connectivity index is 0.000000461. The van der Waals surface area contributed by atoms with Crippen molar-refractivity contribution in [3.8, 4) is 0 Å². The number of hydrogen-bond donors (Lipinski definition) is 0. The van der Waals surface area contributed by atoms with E-state index in [1.807, 2.05) is 13.8 Å². The first kappa shape index (κ1) is 11.0. The minimum atomic E-state index is 1.27. The van der Waals surface area contributed by atoms with E-state index < -0.39 is 0 Å². The molecule has 0 heterocycles. The fourth-order valence-corrected chi connectivity index (χ4v) is 1.78. The minimum absolute atomic E-state index is 1.27. The number of rotatable bonds is 1. The van der Waals surface area contributed by atoms with E-state index in [-0.39, 0.29) is 0 Å². The lowest BCUT2D eigenvalue weighted by molar-refractivity contribution is 0.935. The number of aryl methyl sites for hydroxylation is 1. The summed E-state index contributed by atoms with van der Waals surface area (Å²) in [6.45, 7) is 6.15. The van der Waals surface area contributed by atoms with Crippen molar-refractivity contribution in [1.82, 2.24) is 0 Å². The summed E-state index contributed by atoms with van der Waals surface area (Å²) < 4.78 is 0. The molecule has 0 amide bonds. The van der Waals surface area contributed by atoms with Gasteiger partial charge in [-0.2, -0.15) is 0 Å². The summed E-state index contributed by atoms with van der Waals surface area (Å²) in [5.41, 5.74) is 4.33. The van der Waals surface area contributed by atoms with E-state index in [1.54, 1.807) is 5.57 Å². The van der Waals surface area contributed by atoms with Crippen LogP contribution in [0.15, 0.2) is 30.3 Å². The first-order valence-corrected chi connectivity index (χ1v) is 5.62. The molecule has 0 heteroatoms. The van der Waals surface area contributed by atoms with Gasteiger partial charge in [-0.25, -0.2) is 0 Å². The van der Waals surface area contributed by atoms with Gasteiger partial charge >= 0.3 is 0 Å². The van der Waals surface area contributed by atoms with Crippen LogP contribution in [0.1, 0.15) is 44.2 Å². The van der Waals surface area contributed by atoms with E-state index in [1.165, 1.54) is 30.4 Å². The monoisotopic (exact) mass is 188 g/mol. The second-order valence-corrected chi connectivity index (χ2v) is 3.49.